The van der Waals surface area contributed by atoms with Crippen LogP contribution < -0.4 is 30.2 Å². The Morgan fingerprint density at radius 1 is 0.880 bits per heavy atom. The molecule has 0 spiro atoms. The predicted octanol–water partition coefficient (Wildman–Crippen LogP) is 6.55. The van der Waals surface area contributed by atoms with Crippen LogP contribution in [0.3, 0.4) is 0 Å². The highest BCUT2D eigenvalue weighted by Gasteiger charge is 2.45. The minimum absolute atomic E-state index is 0.0237. The van der Waals surface area contributed by atoms with Crippen LogP contribution in [0.15, 0.2) is 52.7 Å². The van der Waals surface area contributed by atoms with Gasteiger partial charge >= 0.3 is 30.2 Å². The predicted molar refractivity (Wildman–Crippen MR) is 271 cm³/mol. The molecule has 3 aliphatic heterocycles. The molecule has 0 unspecified atom stereocenters. The molecule has 3 aliphatic rings. The third-order valence-corrected chi connectivity index (χ3v) is 14.2. The zero-order valence-corrected chi connectivity index (χ0v) is 45.6. The van der Waals surface area contributed by atoms with E-state index in [1.54, 1.807) is 65.8 Å². The van der Waals surface area contributed by atoms with Crippen LogP contribution in [0, 0.1) is 18.8 Å². The summed E-state index contributed by atoms with van der Waals surface area (Å²) >= 11 is 1.51. The van der Waals surface area contributed by atoms with Crippen LogP contribution in [0.1, 0.15) is 97.3 Å². The first-order valence-electron chi connectivity index (χ1n) is 25.0. The molecular weight excluding hydrogens is 1020 g/mol. The summed E-state index contributed by atoms with van der Waals surface area (Å²) in [4.78, 5) is 71.3. The van der Waals surface area contributed by atoms with E-state index >= 15 is 0 Å². The molecule has 3 aromatic rings. The Bertz CT molecular complexity index is 2530. The van der Waals surface area contributed by atoms with Crippen LogP contribution in [0.2, 0.25) is 0 Å². The maximum Gasteiger partial charge on any atom is 0.408 e. The van der Waals surface area contributed by atoms with Gasteiger partial charge in [-0.15, -0.1) is 11.3 Å². The van der Waals surface area contributed by atoms with E-state index < -0.39 is 95.2 Å². The van der Waals surface area contributed by atoms with Gasteiger partial charge in [-0.25, -0.2) is 37.4 Å². The Balaban J connectivity index is 1.26. The van der Waals surface area contributed by atoms with Gasteiger partial charge in [0.1, 0.15) is 41.8 Å². The summed E-state index contributed by atoms with van der Waals surface area (Å²) in [7, 11) is -4.39. The molecule has 6 rings (SSSR count). The van der Waals surface area contributed by atoms with E-state index in [1.807, 2.05) is 26.2 Å². The molecule has 3 N–H and O–H groups in total. The second kappa shape index (κ2) is 26.2. The number of nitrogens with zero attached hydrogens (tertiary/aromatic N) is 2. The number of aryl methyl sites for hydroxylation is 1. The average Bonchev–Trinajstić information content (AvgIpc) is 4.15. The summed E-state index contributed by atoms with van der Waals surface area (Å²) in [5.41, 5.74) is -0.223. The summed E-state index contributed by atoms with van der Waals surface area (Å²) in [5.74, 6) is -1.45. The highest BCUT2D eigenvalue weighted by molar-refractivity contribution is 7.89. The van der Waals surface area contributed by atoms with Gasteiger partial charge in [0.15, 0.2) is 24.4 Å². The number of hydrogen-bond acceptors (Lipinski definition) is 19. The number of thiazole rings is 1. The fourth-order valence-corrected chi connectivity index (χ4v) is 10.4. The summed E-state index contributed by atoms with van der Waals surface area (Å²) in [6.45, 7) is 15.0. The molecule has 22 nitrogen and oxygen atoms in total. The maximum atomic E-state index is 14.7. The van der Waals surface area contributed by atoms with Crippen LogP contribution in [0.5, 0.6) is 17.2 Å². The number of unbranched alkanes of at least 4 members (excludes halogenated alkanes) is 1. The molecule has 2 aromatic carbocycles. The number of ether oxygens (including phenoxy) is 10. The SMILES string of the molecule is Cc1nc(COc2ccc(C[C@H](NC(=O)O[C@H]3CO[C@H]4OCC[C@H]43)[C@@H](CN(CC(C)C)S(=O)(=O)c3ccc4c(c3)OCO4)OC(=O)COC(=O)[C@H](CCCCNC(=O)OC(C)(C)C)NC(=O)OC(C)(C)C)cc2)cs1. The number of fused-ring (bicyclic) bond motifs is 2. The zero-order chi connectivity index (χ0) is 54.5. The molecule has 6 atom stereocenters. The monoisotopic (exact) mass is 1090 g/mol. The molecule has 4 heterocycles. The lowest BCUT2D eigenvalue weighted by Gasteiger charge is -2.33. The van der Waals surface area contributed by atoms with Gasteiger partial charge in [0.2, 0.25) is 16.8 Å². The van der Waals surface area contributed by atoms with Crippen LogP contribution in [-0.2, 0) is 65.8 Å². The van der Waals surface area contributed by atoms with Crippen molar-refractivity contribution in [3.63, 3.8) is 0 Å². The van der Waals surface area contributed by atoms with Crippen molar-refractivity contribution in [1.82, 2.24) is 25.2 Å². The zero-order valence-electron chi connectivity index (χ0n) is 44.0. The molecule has 0 radical (unpaired) electrons. The first kappa shape index (κ1) is 58.3. The molecule has 0 bridgehead atoms. The van der Waals surface area contributed by atoms with Gasteiger partial charge < -0.3 is 63.3 Å². The summed E-state index contributed by atoms with van der Waals surface area (Å²) in [6, 6.07) is 8.71. The lowest BCUT2D eigenvalue weighted by molar-refractivity contribution is -0.164. The van der Waals surface area contributed by atoms with Gasteiger partial charge in [-0.05, 0) is 116 Å². The second-order valence-corrected chi connectivity index (χ2v) is 23.7. The number of sulfonamides is 1. The van der Waals surface area contributed by atoms with Gasteiger partial charge in [0, 0.05) is 24.5 Å². The Kier molecular flexibility index (Phi) is 20.4. The number of alkyl carbamates (subject to hydrolysis) is 3. The second-order valence-electron chi connectivity index (χ2n) is 20.7. The lowest BCUT2D eigenvalue weighted by Crippen LogP contribution is -2.53. The van der Waals surface area contributed by atoms with E-state index in [9.17, 15) is 32.4 Å². The van der Waals surface area contributed by atoms with Crippen LogP contribution in [0.25, 0.3) is 0 Å². The minimum atomic E-state index is -4.39. The van der Waals surface area contributed by atoms with Crippen molar-refractivity contribution in [3.05, 3.63) is 64.1 Å². The van der Waals surface area contributed by atoms with Crippen molar-refractivity contribution < 1.29 is 79.8 Å². The summed E-state index contributed by atoms with van der Waals surface area (Å²) < 4.78 is 87.0. The molecule has 24 heteroatoms. The molecule has 414 valence electrons. The Labute approximate surface area is 442 Å². The molecule has 1 aromatic heterocycles. The van der Waals surface area contributed by atoms with Gasteiger partial charge in [-0.2, -0.15) is 4.31 Å². The number of esters is 2. The smallest absolute Gasteiger partial charge is 0.408 e. The highest BCUT2D eigenvalue weighted by atomic mass is 32.2. The van der Waals surface area contributed by atoms with E-state index in [1.165, 1.54) is 29.5 Å². The van der Waals surface area contributed by atoms with Gasteiger partial charge in [-0.3, -0.25) is 0 Å². The molecular formula is C51H71N5O17S2. The number of rotatable bonds is 24. The van der Waals surface area contributed by atoms with Crippen molar-refractivity contribution in [2.75, 3.05) is 46.2 Å². The van der Waals surface area contributed by atoms with Crippen molar-refractivity contribution in [3.8, 4) is 17.2 Å². The normalized spacial score (nSPS) is 18.4. The van der Waals surface area contributed by atoms with Gasteiger partial charge in [0.25, 0.3) is 0 Å². The van der Waals surface area contributed by atoms with Crippen molar-refractivity contribution >= 4 is 51.6 Å². The number of carbonyl (C=O) groups is 5. The summed E-state index contributed by atoms with van der Waals surface area (Å²) in [5, 5.41) is 10.8. The van der Waals surface area contributed by atoms with Crippen LogP contribution in [0.4, 0.5) is 14.4 Å². The highest BCUT2D eigenvalue weighted by Crippen LogP contribution is 2.36. The molecule has 3 amide bonds. The van der Waals surface area contributed by atoms with Crippen LogP contribution >= 0.6 is 11.3 Å². The fraction of sp³-hybridized carbons (Fsp3) is 0.608. The number of benzene rings is 2. The molecule has 75 heavy (non-hydrogen) atoms. The molecule has 0 aliphatic carbocycles. The number of aromatic nitrogens is 1. The lowest BCUT2D eigenvalue weighted by atomic mass is 10.0. The minimum Gasteiger partial charge on any atom is -0.487 e. The largest absolute Gasteiger partial charge is 0.487 e. The van der Waals surface area contributed by atoms with E-state index in [2.05, 4.69) is 20.9 Å². The Hall–Kier alpha value is -5.95. The average molecular weight is 1090 g/mol. The number of carbonyl (C=O) groups excluding carboxylic acids is 5. The maximum absolute atomic E-state index is 14.7. The first-order chi connectivity index (χ1) is 35.4. The van der Waals surface area contributed by atoms with Crippen LogP contribution in [-0.4, -0.2) is 136 Å². The Morgan fingerprint density at radius 3 is 2.29 bits per heavy atom. The Morgan fingerprint density at radius 2 is 1.60 bits per heavy atom. The molecule has 0 saturated carbocycles. The van der Waals surface area contributed by atoms with E-state index in [4.69, 9.17) is 47.4 Å². The third kappa shape index (κ3) is 18.4. The van der Waals surface area contributed by atoms with Gasteiger partial charge in [0.05, 0.1) is 47.3 Å². The standard InChI is InChI=1S/C51H71N5O17S2/c1-31(2)24-56(75(62,63)36-17-18-40-41(23-36)69-30-68-40)25-42(70-44(57)28-66-45(58)38(54-49(61)73-51(7,8)9)12-10-11-20-52-47(59)72-50(4,5)6)39(55-48(60)71-43-27-67-46-37(43)19-21-64-46)22-33-13-15-35(16-14-33)65-26-34-29-74-32(3)53-34/h13-18,23,29,31,37-39,42-43,46H,10-12,19-22,24-28,30H2,1-9H3,(H,52,59)(H,54,61)(H,55,60)/t37-,38-,39-,42+,43-,46+/m0/s1. The third-order valence-electron chi connectivity index (χ3n) is 11.5. The van der Waals surface area contributed by atoms with Gasteiger partial charge in [-0.1, -0.05) is 26.0 Å². The van der Waals surface area contributed by atoms with Crippen molar-refractivity contribution in [2.24, 2.45) is 11.8 Å². The molecule has 2 saturated heterocycles. The van der Waals surface area contributed by atoms with E-state index in [0.29, 0.717) is 42.9 Å². The van der Waals surface area contributed by atoms with E-state index in [-0.39, 0.29) is 68.4 Å². The quantitative estimate of drug-likeness (QED) is 0.0488. The number of nitrogens with one attached hydrogen (secondary N) is 3. The van der Waals surface area contributed by atoms with Crippen molar-refractivity contribution in [1.29, 1.82) is 0 Å². The summed E-state index contributed by atoms with van der Waals surface area (Å²) in [6.07, 6.45) is -3.79. The number of hydrogen-bond donors (Lipinski definition) is 3. The fourth-order valence-electron chi connectivity index (χ4n) is 8.18. The number of amides is 3. The van der Waals surface area contributed by atoms with Crippen molar-refractivity contribution in [2.45, 2.75) is 148 Å². The topological polar surface area (TPSA) is 264 Å². The molecule has 2 fully saturated rings. The van der Waals surface area contributed by atoms with E-state index in [0.717, 1.165) is 15.0 Å². The first-order valence-corrected chi connectivity index (χ1v) is 27.3.